The molecule has 0 bridgehead atoms. The van der Waals surface area contributed by atoms with Gasteiger partial charge in [0.05, 0.1) is 5.69 Å². The molecule has 0 saturated carbocycles. The van der Waals surface area contributed by atoms with Gasteiger partial charge in [-0.1, -0.05) is 20.8 Å². The number of aryl methyl sites for hydroxylation is 2. The number of carbonyl (C=O) groups is 2. The molecule has 0 radical (unpaired) electrons. The average molecular weight is 325 g/mol. The van der Waals surface area contributed by atoms with Gasteiger partial charge in [-0.3, -0.25) is 9.59 Å². The van der Waals surface area contributed by atoms with Gasteiger partial charge in [-0.05, 0) is 33.1 Å². The molecule has 6 heteroatoms. The second-order valence-electron chi connectivity index (χ2n) is 6.09. The third-order valence-electron chi connectivity index (χ3n) is 3.61. The maximum Gasteiger partial charge on any atom is 0.245 e. The Labute approximate surface area is 137 Å². The van der Waals surface area contributed by atoms with Crippen LogP contribution in [0.25, 0.3) is 0 Å². The van der Waals surface area contributed by atoms with Crippen molar-refractivity contribution >= 4 is 28.3 Å². The molecule has 0 aliphatic rings. The quantitative estimate of drug-likeness (QED) is 0.836. The first-order valence-corrected chi connectivity index (χ1v) is 8.59. The third kappa shape index (κ3) is 5.40. The molecule has 0 saturated heterocycles. The number of amides is 2. The Morgan fingerprint density at radius 2 is 1.91 bits per heavy atom. The van der Waals surface area contributed by atoms with Gasteiger partial charge in [-0.2, -0.15) is 0 Å². The van der Waals surface area contributed by atoms with Gasteiger partial charge in [0, 0.05) is 17.3 Å². The van der Waals surface area contributed by atoms with E-state index in [1.165, 1.54) is 11.3 Å². The van der Waals surface area contributed by atoms with E-state index in [0.717, 1.165) is 17.0 Å². The van der Waals surface area contributed by atoms with E-state index in [4.69, 9.17) is 0 Å². The first kappa shape index (κ1) is 18.6. The minimum absolute atomic E-state index is 0.0333. The number of nitrogens with one attached hydrogen (secondary N) is 1. The first-order chi connectivity index (χ1) is 10.2. The number of aromatic nitrogens is 1. The van der Waals surface area contributed by atoms with Crippen LogP contribution < -0.4 is 5.32 Å². The Kier molecular flexibility index (Phi) is 7.00. The van der Waals surface area contributed by atoms with Gasteiger partial charge in [-0.25, -0.2) is 4.98 Å². The third-order valence-corrected chi connectivity index (χ3v) is 4.60. The highest BCUT2D eigenvalue weighted by molar-refractivity contribution is 7.15. The molecule has 1 rings (SSSR count). The second kappa shape index (κ2) is 8.27. The van der Waals surface area contributed by atoms with Gasteiger partial charge in [0.1, 0.15) is 6.54 Å². The molecule has 1 N–H and O–H groups in total. The lowest BCUT2D eigenvalue weighted by atomic mass is 10.1. The number of rotatable bonds is 7. The van der Waals surface area contributed by atoms with E-state index < -0.39 is 0 Å². The molecule has 0 aromatic carbocycles. The number of carbonyl (C=O) groups excluding carboxylic acids is 2. The van der Waals surface area contributed by atoms with Crippen LogP contribution in [0.5, 0.6) is 0 Å². The maximum absolute atomic E-state index is 12.3. The Bertz CT molecular complexity index is 506. The van der Waals surface area contributed by atoms with Crippen molar-refractivity contribution in [2.45, 2.75) is 60.4 Å². The summed E-state index contributed by atoms with van der Waals surface area (Å²) in [6, 6.07) is 0.0526. The van der Waals surface area contributed by atoms with Crippen LogP contribution in [-0.4, -0.2) is 34.3 Å². The van der Waals surface area contributed by atoms with E-state index in [1.54, 1.807) is 4.90 Å². The smallest absolute Gasteiger partial charge is 0.245 e. The molecule has 124 valence electrons. The van der Waals surface area contributed by atoms with Crippen molar-refractivity contribution in [1.29, 1.82) is 0 Å². The normalized spacial score (nSPS) is 12.3. The zero-order valence-electron chi connectivity index (χ0n) is 14.4. The van der Waals surface area contributed by atoms with Gasteiger partial charge >= 0.3 is 0 Å². The summed E-state index contributed by atoms with van der Waals surface area (Å²) in [6.07, 6.45) is 1.29. The molecular formula is C16H27N3O2S. The van der Waals surface area contributed by atoms with Crippen molar-refractivity contribution in [3.63, 3.8) is 0 Å². The molecule has 0 spiro atoms. The van der Waals surface area contributed by atoms with Crippen LogP contribution >= 0.6 is 11.3 Å². The largest absolute Gasteiger partial charge is 0.331 e. The minimum atomic E-state index is -0.189. The number of hydrogen-bond donors (Lipinski definition) is 1. The minimum Gasteiger partial charge on any atom is -0.331 e. The summed E-state index contributed by atoms with van der Waals surface area (Å²) in [5.74, 6) is 0.128. The summed E-state index contributed by atoms with van der Waals surface area (Å²) in [5.41, 5.74) is 0.926. The van der Waals surface area contributed by atoms with E-state index in [2.05, 4.69) is 10.3 Å². The average Bonchev–Trinajstić information content (AvgIpc) is 2.72. The predicted molar refractivity (Wildman–Crippen MR) is 91.1 cm³/mol. The van der Waals surface area contributed by atoms with Crippen molar-refractivity contribution in [3.05, 3.63) is 10.6 Å². The van der Waals surface area contributed by atoms with Crippen molar-refractivity contribution < 1.29 is 9.59 Å². The summed E-state index contributed by atoms with van der Waals surface area (Å²) in [6.45, 7) is 12.0. The standard InChI is InChI=1S/C16H27N3O2S/c1-7-11(4)19(15(21)8-10(2)3)9-14(20)18-16-17-12(5)13(6)22-16/h10-11H,7-9H2,1-6H3,(H,17,18,20). The molecule has 5 nitrogen and oxygen atoms in total. The molecular weight excluding hydrogens is 298 g/mol. The summed E-state index contributed by atoms with van der Waals surface area (Å²) in [4.78, 5) is 31.6. The Morgan fingerprint density at radius 1 is 1.27 bits per heavy atom. The zero-order valence-corrected chi connectivity index (χ0v) is 15.2. The van der Waals surface area contributed by atoms with E-state index in [1.807, 2.05) is 41.5 Å². The lowest BCUT2D eigenvalue weighted by Crippen LogP contribution is -2.43. The molecule has 0 aliphatic heterocycles. The molecule has 2 amide bonds. The highest BCUT2D eigenvalue weighted by Gasteiger charge is 2.22. The van der Waals surface area contributed by atoms with Crippen LogP contribution in [-0.2, 0) is 9.59 Å². The number of anilines is 1. The number of hydrogen-bond acceptors (Lipinski definition) is 4. The summed E-state index contributed by atoms with van der Waals surface area (Å²) >= 11 is 1.46. The molecule has 0 aliphatic carbocycles. The van der Waals surface area contributed by atoms with Gasteiger partial charge < -0.3 is 10.2 Å². The fourth-order valence-electron chi connectivity index (χ4n) is 2.02. The molecule has 1 aromatic rings. The van der Waals surface area contributed by atoms with Crippen molar-refractivity contribution in [2.75, 3.05) is 11.9 Å². The summed E-state index contributed by atoms with van der Waals surface area (Å²) in [5, 5.41) is 3.39. The van der Waals surface area contributed by atoms with E-state index in [-0.39, 0.29) is 30.3 Å². The molecule has 1 heterocycles. The topological polar surface area (TPSA) is 62.3 Å². The van der Waals surface area contributed by atoms with E-state index >= 15 is 0 Å². The molecule has 1 atom stereocenters. The highest BCUT2D eigenvalue weighted by Crippen LogP contribution is 2.21. The Hall–Kier alpha value is -1.43. The monoisotopic (exact) mass is 325 g/mol. The van der Waals surface area contributed by atoms with E-state index in [0.29, 0.717) is 11.6 Å². The van der Waals surface area contributed by atoms with Crippen LogP contribution in [0.3, 0.4) is 0 Å². The number of thiazole rings is 1. The molecule has 22 heavy (non-hydrogen) atoms. The first-order valence-electron chi connectivity index (χ1n) is 7.77. The second-order valence-corrected chi connectivity index (χ2v) is 7.29. The van der Waals surface area contributed by atoms with Crippen LogP contribution in [0.1, 0.15) is 51.1 Å². The fraction of sp³-hybridized carbons (Fsp3) is 0.688. The van der Waals surface area contributed by atoms with Crippen LogP contribution in [0, 0.1) is 19.8 Å². The lowest BCUT2D eigenvalue weighted by molar-refractivity contribution is -0.137. The number of nitrogens with zero attached hydrogens (tertiary/aromatic N) is 2. The molecule has 1 aromatic heterocycles. The molecule has 1 unspecified atom stereocenters. The van der Waals surface area contributed by atoms with Crippen LogP contribution in [0.2, 0.25) is 0 Å². The fourth-order valence-corrected chi connectivity index (χ4v) is 2.85. The van der Waals surface area contributed by atoms with Crippen LogP contribution in [0.4, 0.5) is 5.13 Å². The predicted octanol–water partition coefficient (Wildman–Crippen LogP) is 3.37. The Morgan fingerprint density at radius 3 is 2.36 bits per heavy atom. The zero-order chi connectivity index (χ0) is 16.9. The summed E-state index contributed by atoms with van der Waals surface area (Å²) < 4.78 is 0. The van der Waals surface area contributed by atoms with Gasteiger partial charge in [-0.15, -0.1) is 11.3 Å². The van der Waals surface area contributed by atoms with Crippen molar-refractivity contribution in [2.24, 2.45) is 5.92 Å². The van der Waals surface area contributed by atoms with Crippen LogP contribution in [0.15, 0.2) is 0 Å². The van der Waals surface area contributed by atoms with Crippen molar-refractivity contribution in [3.8, 4) is 0 Å². The van der Waals surface area contributed by atoms with E-state index in [9.17, 15) is 9.59 Å². The maximum atomic E-state index is 12.3. The van der Waals surface area contributed by atoms with Gasteiger partial charge in [0.15, 0.2) is 5.13 Å². The van der Waals surface area contributed by atoms with Gasteiger partial charge in [0.25, 0.3) is 0 Å². The summed E-state index contributed by atoms with van der Waals surface area (Å²) in [7, 11) is 0. The Balaban J connectivity index is 2.72. The molecule has 0 fully saturated rings. The SMILES string of the molecule is CCC(C)N(CC(=O)Nc1nc(C)c(C)s1)C(=O)CC(C)C. The lowest BCUT2D eigenvalue weighted by Gasteiger charge is -2.28. The van der Waals surface area contributed by atoms with Gasteiger partial charge in [0.2, 0.25) is 11.8 Å². The van der Waals surface area contributed by atoms with Crippen molar-refractivity contribution in [1.82, 2.24) is 9.88 Å². The highest BCUT2D eigenvalue weighted by atomic mass is 32.1.